The molecule has 0 atom stereocenters. The maximum Gasteiger partial charge on any atom is 0.309 e. The predicted octanol–water partition coefficient (Wildman–Crippen LogP) is 2.17. The smallest absolute Gasteiger partial charge is 0.309 e. The van der Waals surface area contributed by atoms with Crippen molar-refractivity contribution >= 4 is 25.6 Å². The van der Waals surface area contributed by atoms with Crippen molar-refractivity contribution < 1.29 is 9.39 Å². The van der Waals surface area contributed by atoms with E-state index >= 15 is 0 Å². The summed E-state index contributed by atoms with van der Waals surface area (Å²) in [5.41, 5.74) is 0.473. The zero-order chi connectivity index (χ0) is 13.1. The van der Waals surface area contributed by atoms with Crippen LogP contribution >= 0.6 is 12.6 Å². The molecule has 0 aliphatic rings. The Morgan fingerprint density at radius 1 is 1.00 bits per heavy atom. The molecule has 0 fully saturated rings. The molecule has 17 heavy (non-hydrogen) atoms. The van der Waals surface area contributed by atoms with Gasteiger partial charge in [-0.15, -0.1) is 12.6 Å². The topological polar surface area (TPSA) is 18.5 Å². The second-order valence-electron chi connectivity index (χ2n) is 5.18. The van der Waals surface area contributed by atoms with E-state index in [-0.39, 0.29) is 11.2 Å². The highest BCUT2D eigenvalue weighted by atomic mass is 32.1. The Labute approximate surface area is 110 Å². The summed E-state index contributed by atoms with van der Waals surface area (Å²) in [6, 6.07) is 7.99. The molecule has 94 valence electrons. The molecule has 0 heterocycles. The van der Waals surface area contributed by atoms with Crippen LogP contribution in [0.1, 0.15) is 27.7 Å². The molecule has 0 aliphatic carbocycles. The molecule has 0 spiro atoms. The average molecular weight is 252 g/mol. The largest absolute Gasteiger partial charge is 0.427 e. The van der Waals surface area contributed by atoms with Crippen LogP contribution in [-0.2, 0) is 9.39 Å². The van der Waals surface area contributed by atoms with Crippen LogP contribution in [0.2, 0.25) is 0 Å². The molecule has 0 radical (unpaired) electrons. The first-order valence-electron chi connectivity index (χ1n) is 5.75. The van der Waals surface area contributed by atoms with Crippen molar-refractivity contribution in [1.29, 1.82) is 0 Å². The fraction of sp³-hybridized carbons (Fsp3) is 0.538. The van der Waals surface area contributed by atoms with Gasteiger partial charge in [0.15, 0.2) is 0 Å². The zero-order valence-corrected chi connectivity index (χ0v) is 12.2. The highest BCUT2D eigenvalue weighted by Gasteiger charge is 2.37. The Bertz CT molecular complexity index is 360. The summed E-state index contributed by atoms with van der Waals surface area (Å²) in [4.78, 5) is 0.963. The summed E-state index contributed by atoms with van der Waals surface area (Å²) in [5.74, 6) is 0. The number of ether oxygens (including phenoxy) is 1. The van der Waals surface area contributed by atoms with Gasteiger partial charge in [0, 0.05) is 12.0 Å². The lowest BCUT2D eigenvalue weighted by atomic mass is 9.82. The molecular weight excluding hydrogens is 231 g/mol. The number of methoxy groups -OCH3 is 1. The molecule has 1 aromatic rings. The van der Waals surface area contributed by atoms with Crippen molar-refractivity contribution in [2.24, 2.45) is 0 Å². The van der Waals surface area contributed by atoms with Crippen LogP contribution in [0, 0.1) is 0 Å². The molecule has 1 aromatic carbocycles. The van der Waals surface area contributed by atoms with E-state index in [9.17, 15) is 0 Å². The molecule has 0 amide bonds. The van der Waals surface area contributed by atoms with E-state index in [2.05, 4.69) is 12.6 Å². The molecule has 2 nitrogen and oxygen atoms in total. The normalized spacial score (nSPS) is 12.6. The van der Waals surface area contributed by atoms with Gasteiger partial charge >= 0.3 is 7.48 Å². The van der Waals surface area contributed by atoms with Crippen LogP contribution in [0.25, 0.3) is 0 Å². The van der Waals surface area contributed by atoms with Gasteiger partial charge in [0.1, 0.15) is 0 Å². The molecule has 0 aliphatic heterocycles. The number of thiol groups is 1. The van der Waals surface area contributed by atoms with E-state index in [0.29, 0.717) is 7.48 Å². The third kappa shape index (κ3) is 3.76. The molecule has 0 N–H and O–H groups in total. The van der Waals surface area contributed by atoms with Crippen LogP contribution in [0.4, 0.5) is 0 Å². The predicted molar refractivity (Wildman–Crippen MR) is 76.7 cm³/mol. The summed E-state index contributed by atoms with van der Waals surface area (Å²) in [7, 11) is 2.29. The van der Waals surface area contributed by atoms with E-state index in [4.69, 9.17) is 9.39 Å². The number of benzene rings is 1. The van der Waals surface area contributed by atoms with Crippen molar-refractivity contribution in [3.63, 3.8) is 0 Å². The Balaban J connectivity index is 2.64. The lowest BCUT2D eigenvalue weighted by Crippen LogP contribution is -2.50. The third-order valence-corrected chi connectivity index (χ3v) is 3.79. The van der Waals surface area contributed by atoms with Crippen molar-refractivity contribution in [3.05, 3.63) is 24.3 Å². The van der Waals surface area contributed by atoms with Crippen LogP contribution < -0.4 is 5.46 Å². The molecule has 0 saturated carbocycles. The first-order valence-corrected chi connectivity index (χ1v) is 6.20. The highest BCUT2D eigenvalue weighted by Crippen LogP contribution is 2.27. The van der Waals surface area contributed by atoms with Crippen LogP contribution in [-0.4, -0.2) is 25.8 Å². The molecule has 0 aromatic heterocycles. The summed E-state index contributed by atoms with van der Waals surface area (Å²) in [5, 5.41) is 0. The van der Waals surface area contributed by atoms with Crippen molar-refractivity contribution in [1.82, 2.24) is 0 Å². The molecule has 0 unspecified atom stereocenters. The Morgan fingerprint density at radius 2 is 1.53 bits per heavy atom. The second kappa shape index (κ2) is 5.47. The monoisotopic (exact) mass is 252 g/mol. The quantitative estimate of drug-likeness (QED) is 0.639. The van der Waals surface area contributed by atoms with Gasteiger partial charge in [-0.2, -0.15) is 0 Å². The first kappa shape index (κ1) is 14.6. The van der Waals surface area contributed by atoms with E-state index in [1.807, 2.05) is 52.0 Å². The number of hydrogen-bond acceptors (Lipinski definition) is 3. The van der Waals surface area contributed by atoms with E-state index < -0.39 is 0 Å². The van der Waals surface area contributed by atoms with Gasteiger partial charge in [-0.05, 0) is 39.8 Å². The van der Waals surface area contributed by atoms with Crippen LogP contribution in [0.5, 0.6) is 0 Å². The second-order valence-corrected chi connectivity index (χ2v) is 5.70. The summed E-state index contributed by atoms with van der Waals surface area (Å²) < 4.78 is 11.4. The lowest BCUT2D eigenvalue weighted by Gasteiger charge is -2.40. The maximum absolute atomic E-state index is 5.96. The maximum atomic E-state index is 5.96. The average Bonchev–Trinajstić information content (AvgIpc) is 2.28. The van der Waals surface area contributed by atoms with Crippen LogP contribution in [0.15, 0.2) is 29.2 Å². The van der Waals surface area contributed by atoms with Crippen molar-refractivity contribution in [2.75, 3.05) is 7.11 Å². The Kier molecular flexibility index (Phi) is 4.70. The first-order chi connectivity index (χ1) is 7.78. The van der Waals surface area contributed by atoms with E-state index in [1.54, 1.807) is 7.11 Å². The minimum absolute atomic E-state index is 0.323. The van der Waals surface area contributed by atoms with E-state index in [0.717, 1.165) is 10.4 Å². The summed E-state index contributed by atoms with van der Waals surface area (Å²) in [6.45, 7) is 8.15. The van der Waals surface area contributed by atoms with Gasteiger partial charge in [0.25, 0.3) is 0 Å². The summed E-state index contributed by atoms with van der Waals surface area (Å²) in [6.07, 6.45) is 0. The molecule has 0 bridgehead atoms. The van der Waals surface area contributed by atoms with Gasteiger partial charge in [-0.3, -0.25) is 0 Å². The number of hydrogen-bond donors (Lipinski definition) is 1. The van der Waals surface area contributed by atoms with Gasteiger partial charge in [-0.25, -0.2) is 0 Å². The minimum Gasteiger partial charge on any atom is -0.427 e. The van der Waals surface area contributed by atoms with Crippen molar-refractivity contribution in [3.8, 4) is 0 Å². The zero-order valence-electron chi connectivity index (χ0n) is 11.3. The third-order valence-electron chi connectivity index (χ3n) is 3.50. The SMILES string of the molecule is COC(C)(C)C(C)(C)OBc1ccc(S)cc1. The van der Waals surface area contributed by atoms with Gasteiger partial charge in [0.2, 0.25) is 0 Å². The lowest BCUT2D eigenvalue weighted by molar-refractivity contribution is -0.114. The molecule has 4 heteroatoms. The Hall–Kier alpha value is -0.445. The van der Waals surface area contributed by atoms with Gasteiger partial charge in [-0.1, -0.05) is 17.6 Å². The van der Waals surface area contributed by atoms with Crippen LogP contribution in [0.3, 0.4) is 0 Å². The minimum atomic E-state index is -0.346. The standard InChI is InChI=1S/C13H21BO2S/c1-12(2,15-5)13(3,4)16-14-10-6-8-11(17)9-7-10/h6-9,14,17H,1-5H3. The van der Waals surface area contributed by atoms with Gasteiger partial charge in [0.05, 0.1) is 11.2 Å². The summed E-state index contributed by atoms with van der Waals surface area (Å²) >= 11 is 4.26. The van der Waals surface area contributed by atoms with Crippen molar-refractivity contribution in [2.45, 2.75) is 43.8 Å². The Morgan fingerprint density at radius 3 is 2.00 bits per heavy atom. The number of rotatable bonds is 5. The fourth-order valence-electron chi connectivity index (χ4n) is 1.28. The fourth-order valence-corrected chi connectivity index (χ4v) is 1.42. The highest BCUT2D eigenvalue weighted by molar-refractivity contribution is 7.80. The molecule has 1 rings (SSSR count). The van der Waals surface area contributed by atoms with Gasteiger partial charge < -0.3 is 9.39 Å². The van der Waals surface area contributed by atoms with E-state index in [1.165, 1.54) is 0 Å². The molecule has 0 saturated heterocycles. The molecular formula is C13H21BO2S.